The van der Waals surface area contributed by atoms with Crippen molar-refractivity contribution in [2.24, 2.45) is 5.92 Å². The number of rotatable bonds is 16. The summed E-state index contributed by atoms with van der Waals surface area (Å²) >= 11 is 1.28. The number of ether oxygens (including phenoxy) is 2. The second-order valence-electron chi connectivity index (χ2n) is 18.4. The molecule has 2 N–H and O–H groups in total. The zero-order chi connectivity index (χ0) is 48.7. The fourth-order valence-corrected chi connectivity index (χ4v) is 10.4. The quantitative estimate of drug-likeness (QED) is 0.0881. The second kappa shape index (κ2) is 21.3. The Kier molecular flexibility index (Phi) is 15.0. The maximum atomic E-state index is 14.4. The SMILES string of the molecule is Cc1c(-c2ccc(N3CCc4cccc(C(=O)Nc5nc6cccnc6s5)c4C3)nc2C(=O)NS(=O)(=O)CCN(CCC(=O)OCc2ccccc2)C(=O)OC(C)(C)C)cnn1CC1CCCCC1. The van der Waals surface area contributed by atoms with Crippen LogP contribution in [0.5, 0.6) is 0 Å². The lowest BCUT2D eigenvalue weighted by Gasteiger charge is -2.31. The fourth-order valence-electron chi connectivity index (χ4n) is 8.63. The molecule has 0 spiro atoms. The van der Waals surface area contributed by atoms with Crippen molar-refractivity contribution in [1.29, 1.82) is 0 Å². The Bertz CT molecular complexity index is 2910. The number of thiazole rings is 1. The number of hydrogen-bond acceptors (Lipinski definition) is 14. The summed E-state index contributed by atoms with van der Waals surface area (Å²) in [6.45, 7) is 7.93. The number of anilines is 2. The minimum atomic E-state index is -4.43. The summed E-state index contributed by atoms with van der Waals surface area (Å²) in [6, 6.07) is 21.9. The lowest BCUT2D eigenvalue weighted by molar-refractivity contribution is -0.145. The van der Waals surface area contributed by atoms with Crippen molar-refractivity contribution in [3.63, 3.8) is 0 Å². The van der Waals surface area contributed by atoms with Gasteiger partial charge in [-0.15, -0.1) is 0 Å². The van der Waals surface area contributed by atoms with E-state index in [1.165, 1.54) is 30.6 Å². The van der Waals surface area contributed by atoms with Crippen LogP contribution in [0.15, 0.2) is 85.2 Å². The number of esters is 1. The van der Waals surface area contributed by atoms with E-state index in [0.717, 1.165) is 46.7 Å². The summed E-state index contributed by atoms with van der Waals surface area (Å²) in [7, 11) is -4.43. The first-order valence-electron chi connectivity index (χ1n) is 23.2. The average molecular weight is 976 g/mol. The van der Waals surface area contributed by atoms with E-state index in [2.05, 4.69) is 20.0 Å². The van der Waals surface area contributed by atoms with Gasteiger partial charge in [-0.25, -0.2) is 32.9 Å². The molecule has 1 aliphatic heterocycles. The molecule has 0 bridgehead atoms. The van der Waals surface area contributed by atoms with Crippen LogP contribution in [0.4, 0.5) is 15.7 Å². The van der Waals surface area contributed by atoms with E-state index in [4.69, 9.17) is 19.6 Å². The maximum absolute atomic E-state index is 14.4. The molecule has 1 saturated carbocycles. The summed E-state index contributed by atoms with van der Waals surface area (Å²) in [5, 5.41) is 8.08. The van der Waals surface area contributed by atoms with Gasteiger partial charge < -0.3 is 19.3 Å². The number of pyridine rings is 2. The Balaban J connectivity index is 1.03. The Morgan fingerprint density at radius 3 is 2.46 bits per heavy atom. The number of sulfonamides is 1. The third-order valence-corrected chi connectivity index (χ3v) is 14.3. The lowest BCUT2D eigenvalue weighted by atomic mass is 9.89. The minimum absolute atomic E-state index is 0.0396. The third kappa shape index (κ3) is 12.5. The van der Waals surface area contributed by atoms with Gasteiger partial charge in [0.25, 0.3) is 11.8 Å². The molecule has 1 aliphatic carbocycles. The number of carbonyl (C=O) groups excluding carboxylic acids is 4. The highest BCUT2D eigenvalue weighted by atomic mass is 32.2. The van der Waals surface area contributed by atoms with E-state index in [0.29, 0.717) is 56.9 Å². The predicted molar refractivity (Wildman–Crippen MR) is 263 cm³/mol. The van der Waals surface area contributed by atoms with Crippen LogP contribution in [0.1, 0.15) is 103 Å². The van der Waals surface area contributed by atoms with Gasteiger partial charge in [0, 0.05) is 61.3 Å². The number of hydrogen-bond donors (Lipinski definition) is 2. The summed E-state index contributed by atoms with van der Waals surface area (Å²) in [4.78, 5) is 71.8. The maximum Gasteiger partial charge on any atom is 0.410 e. The molecule has 6 aromatic rings. The summed E-state index contributed by atoms with van der Waals surface area (Å²) in [6.07, 6.45) is 8.69. The van der Waals surface area contributed by atoms with Crippen molar-refractivity contribution in [3.05, 3.63) is 119 Å². The molecule has 0 saturated heterocycles. The first-order chi connectivity index (χ1) is 33.1. The van der Waals surface area contributed by atoms with Crippen molar-refractivity contribution in [3.8, 4) is 11.1 Å². The number of nitrogens with one attached hydrogen (secondary N) is 2. The minimum Gasteiger partial charge on any atom is -0.461 e. The summed E-state index contributed by atoms with van der Waals surface area (Å²) in [5.74, 6) is -1.69. The van der Waals surface area contributed by atoms with Gasteiger partial charge >= 0.3 is 12.1 Å². The molecule has 1 fully saturated rings. The molecule has 2 aromatic carbocycles. The van der Waals surface area contributed by atoms with Crippen LogP contribution >= 0.6 is 11.3 Å². The highest BCUT2D eigenvalue weighted by molar-refractivity contribution is 7.90. The molecule has 0 radical (unpaired) electrons. The van der Waals surface area contributed by atoms with E-state index < -0.39 is 45.9 Å². The highest BCUT2D eigenvalue weighted by Crippen LogP contribution is 2.33. The van der Waals surface area contributed by atoms with Crippen molar-refractivity contribution in [2.75, 3.05) is 35.6 Å². The van der Waals surface area contributed by atoms with E-state index in [-0.39, 0.29) is 37.7 Å². The van der Waals surface area contributed by atoms with Crippen LogP contribution in [0.25, 0.3) is 21.5 Å². The van der Waals surface area contributed by atoms with Gasteiger partial charge in [0.05, 0.1) is 18.4 Å². The van der Waals surface area contributed by atoms with Gasteiger partial charge in [0.15, 0.2) is 5.13 Å². The van der Waals surface area contributed by atoms with Crippen LogP contribution in [0.2, 0.25) is 0 Å². The van der Waals surface area contributed by atoms with Crippen LogP contribution in [0.3, 0.4) is 0 Å². The van der Waals surface area contributed by atoms with E-state index in [1.54, 1.807) is 57.4 Å². The number of carbonyl (C=O) groups is 4. The topological polar surface area (TPSA) is 208 Å². The fraction of sp³-hybridized carbons (Fsp3) is 0.400. The molecule has 2 aliphatic rings. The number of amides is 3. The van der Waals surface area contributed by atoms with Gasteiger partial charge in [0.2, 0.25) is 10.0 Å². The van der Waals surface area contributed by atoms with E-state index >= 15 is 0 Å². The average Bonchev–Trinajstić information content (AvgIpc) is 3.91. The van der Waals surface area contributed by atoms with Crippen molar-refractivity contribution in [2.45, 2.75) is 97.9 Å². The molecular weight excluding hydrogens is 919 g/mol. The first-order valence-corrected chi connectivity index (χ1v) is 25.7. The van der Waals surface area contributed by atoms with E-state index in [1.807, 2.05) is 65.0 Å². The highest BCUT2D eigenvalue weighted by Gasteiger charge is 2.30. The zero-order valence-electron chi connectivity index (χ0n) is 39.3. The first kappa shape index (κ1) is 48.7. The predicted octanol–water partition coefficient (Wildman–Crippen LogP) is 8.08. The van der Waals surface area contributed by atoms with Crippen LogP contribution in [-0.4, -0.2) is 92.9 Å². The van der Waals surface area contributed by atoms with Crippen LogP contribution in [0, 0.1) is 12.8 Å². The molecule has 4 aromatic heterocycles. The molecule has 19 heteroatoms. The van der Waals surface area contributed by atoms with Crippen LogP contribution in [-0.2, 0) is 50.4 Å². The summed E-state index contributed by atoms with van der Waals surface area (Å²) in [5.41, 5.74) is 4.53. The molecule has 5 heterocycles. The van der Waals surface area contributed by atoms with Crippen LogP contribution < -0.4 is 14.9 Å². The van der Waals surface area contributed by atoms with Gasteiger partial charge in [-0.05, 0) is 99.9 Å². The molecule has 3 amide bonds. The molecule has 0 atom stereocenters. The Hall–Kier alpha value is -6.73. The molecule has 362 valence electrons. The molecule has 17 nitrogen and oxygen atoms in total. The number of aromatic nitrogens is 5. The molecule has 8 rings (SSSR count). The Morgan fingerprint density at radius 2 is 1.70 bits per heavy atom. The second-order valence-corrected chi connectivity index (χ2v) is 21.2. The monoisotopic (exact) mass is 975 g/mol. The molecular formula is C50H57N9O8S2. The summed E-state index contributed by atoms with van der Waals surface area (Å²) < 4.78 is 42.8. The smallest absolute Gasteiger partial charge is 0.410 e. The van der Waals surface area contributed by atoms with Gasteiger partial charge in [-0.2, -0.15) is 5.10 Å². The standard InChI is InChI=1S/C50H57N9O8S2/c1-33-39(29-52-59(33)30-34-13-7-5-8-14-34)37-20-21-42(58-25-22-36-17-11-18-38(40(36)31-58)45(61)55-48-53-41-19-12-24-51-47(41)68-48)54-44(37)46(62)56-69(64,65)28-27-57(49(63)67-50(2,3)4)26-23-43(60)66-32-35-15-9-6-10-16-35/h6,9-12,15-21,24,29,34H,5,7-8,13-14,22-23,25-28,30-32H2,1-4H3,(H,56,62)(H,53,55,61). The number of benzene rings is 2. The van der Waals surface area contributed by atoms with E-state index in [9.17, 15) is 27.6 Å². The largest absolute Gasteiger partial charge is 0.461 e. The molecule has 0 unspecified atom stereocenters. The Morgan fingerprint density at radius 1 is 0.899 bits per heavy atom. The number of nitrogens with zero attached hydrogens (tertiary/aromatic N) is 7. The van der Waals surface area contributed by atoms with Gasteiger partial charge in [-0.1, -0.05) is 73.1 Å². The van der Waals surface area contributed by atoms with Crippen molar-refractivity contribution in [1.82, 2.24) is 34.4 Å². The lowest BCUT2D eigenvalue weighted by Crippen LogP contribution is -2.43. The zero-order valence-corrected chi connectivity index (χ0v) is 40.9. The van der Waals surface area contributed by atoms with Crippen molar-refractivity contribution >= 4 is 66.5 Å². The molecule has 69 heavy (non-hydrogen) atoms. The third-order valence-electron chi connectivity index (χ3n) is 12.2. The van der Waals surface area contributed by atoms with Gasteiger partial charge in [-0.3, -0.25) is 24.4 Å². The number of fused-ring (bicyclic) bond motifs is 2. The normalized spacial score (nSPS) is 14.2. The Labute approximate surface area is 405 Å². The van der Waals surface area contributed by atoms with Gasteiger partial charge in [0.1, 0.15) is 34.1 Å². The van der Waals surface area contributed by atoms with Crippen molar-refractivity contribution < 1.29 is 37.1 Å².